The Morgan fingerprint density at radius 3 is 2.00 bits per heavy atom. The highest BCUT2D eigenvalue weighted by Crippen LogP contribution is 2.13. The number of rotatable bonds is 7. The van der Waals surface area contributed by atoms with Crippen LogP contribution in [-0.2, 0) is 4.79 Å². The predicted octanol–water partition coefficient (Wildman–Crippen LogP) is 2.88. The van der Waals surface area contributed by atoms with Gasteiger partial charge < -0.3 is 15.1 Å². The van der Waals surface area contributed by atoms with Crippen LogP contribution >= 0.6 is 0 Å². The summed E-state index contributed by atoms with van der Waals surface area (Å²) >= 11 is 0. The molecule has 0 saturated heterocycles. The minimum Gasteiger partial charge on any atom is -0.342 e. The molecule has 6 nitrogen and oxygen atoms in total. The van der Waals surface area contributed by atoms with Crippen LogP contribution in [0.1, 0.15) is 34.6 Å². The maximum Gasteiger partial charge on any atom is 0.255 e. The Morgan fingerprint density at radius 2 is 1.44 bits per heavy atom. The lowest BCUT2D eigenvalue weighted by molar-refractivity contribution is -0.131. The number of hydrogen-bond donors (Lipinski definition) is 1. The molecule has 0 fully saturated rings. The first kappa shape index (κ1) is 20.2. The van der Waals surface area contributed by atoms with Crippen LogP contribution in [0.2, 0.25) is 0 Å². The van der Waals surface area contributed by atoms with Crippen molar-refractivity contribution in [2.45, 2.75) is 13.8 Å². The molecule has 0 unspecified atom stereocenters. The Morgan fingerprint density at radius 1 is 0.852 bits per heavy atom. The summed E-state index contributed by atoms with van der Waals surface area (Å²) < 4.78 is 0. The topological polar surface area (TPSA) is 69.7 Å². The highest BCUT2D eigenvalue weighted by molar-refractivity contribution is 6.04. The first-order valence-corrected chi connectivity index (χ1v) is 8.96. The van der Waals surface area contributed by atoms with Crippen molar-refractivity contribution in [3.8, 4) is 0 Å². The Kier molecular flexibility index (Phi) is 7.11. The largest absolute Gasteiger partial charge is 0.342 e. The van der Waals surface area contributed by atoms with Gasteiger partial charge >= 0.3 is 0 Å². The van der Waals surface area contributed by atoms with E-state index in [1.807, 2.05) is 19.9 Å². The van der Waals surface area contributed by atoms with Gasteiger partial charge in [0.1, 0.15) is 0 Å². The molecule has 0 aliphatic carbocycles. The van der Waals surface area contributed by atoms with E-state index in [0.29, 0.717) is 29.9 Å². The third-order valence-corrected chi connectivity index (χ3v) is 4.26. The summed E-state index contributed by atoms with van der Waals surface area (Å²) in [5, 5.41) is 2.79. The number of nitrogens with one attached hydrogen (secondary N) is 1. The fraction of sp³-hybridized carbons (Fsp3) is 0.286. The van der Waals surface area contributed by atoms with Gasteiger partial charge in [0, 0.05) is 37.0 Å². The van der Waals surface area contributed by atoms with Gasteiger partial charge in [0.15, 0.2) is 0 Å². The van der Waals surface area contributed by atoms with E-state index < -0.39 is 0 Å². The summed E-state index contributed by atoms with van der Waals surface area (Å²) in [6.07, 6.45) is 0. The smallest absolute Gasteiger partial charge is 0.255 e. The molecule has 1 N–H and O–H groups in total. The summed E-state index contributed by atoms with van der Waals surface area (Å²) in [5.41, 5.74) is 1.62. The highest BCUT2D eigenvalue weighted by Gasteiger charge is 2.18. The van der Waals surface area contributed by atoms with Crippen LogP contribution in [0.4, 0.5) is 5.69 Å². The van der Waals surface area contributed by atoms with E-state index in [-0.39, 0.29) is 24.3 Å². The molecule has 0 aliphatic rings. The van der Waals surface area contributed by atoms with Crippen LogP contribution in [0, 0.1) is 0 Å². The standard InChI is InChI=1S/C21H25N3O3/c1-4-24(5-2)19(25)15-23(3)21(27)17-11-13-18(14-12-17)22-20(26)16-9-7-6-8-10-16/h6-14H,4-5,15H2,1-3H3,(H,22,26). The zero-order valence-electron chi connectivity index (χ0n) is 15.9. The van der Waals surface area contributed by atoms with Gasteiger partial charge in [-0.2, -0.15) is 0 Å². The van der Waals surface area contributed by atoms with Crippen LogP contribution in [0.15, 0.2) is 54.6 Å². The number of carbonyl (C=O) groups excluding carboxylic acids is 3. The van der Waals surface area contributed by atoms with Crippen molar-refractivity contribution in [1.29, 1.82) is 0 Å². The van der Waals surface area contributed by atoms with E-state index in [4.69, 9.17) is 0 Å². The number of amides is 3. The number of carbonyl (C=O) groups is 3. The SMILES string of the molecule is CCN(CC)C(=O)CN(C)C(=O)c1ccc(NC(=O)c2ccccc2)cc1. The van der Waals surface area contributed by atoms with Crippen molar-refractivity contribution < 1.29 is 14.4 Å². The number of likely N-dealkylation sites (N-methyl/N-ethyl adjacent to an activating group) is 2. The summed E-state index contributed by atoms with van der Waals surface area (Å²) in [7, 11) is 1.61. The Bertz CT molecular complexity index is 784. The molecule has 0 saturated carbocycles. The first-order valence-electron chi connectivity index (χ1n) is 8.96. The molecular formula is C21H25N3O3. The Hall–Kier alpha value is -3.15. The van der Waals surface area contributed by atoms with Gasteiger partial charge in [-0.15, -0.1) is 0 Å². The molecule has 0 atom stereocenters. The first-order chi connectivity index (χ1) is 13.0. The fourth-order valence-corrected chi connectivity index (χ4v) is 2.66. The molecule has 0 aromatic heterocycles. The van der Waals surface area contributed by atoms with E-state index >= 15 is 0 Å². The van der Waals surface area contributed by atoms with E-state index in [9.17, 15) is 14.4 Å². The monoisotopic (exact) mass is 367 g/mol. The van der Waals surface area contributed by atoms with Gasteiger partial charge in [0.05, 0.1) is 6.54 Å². The fourth-order valence-electron chi connectivity index (χ4n) is 2.66. The normalized spacial score (nSPS) is 10.2. The molecule has 2 rings (SSSR count). The zero-order chi connectivity index (χ0) is 19.8. The van der Waals surface area contributed by atoms with Crippen molar-refractivity contribution >= 4 is 23.4 Å². The lowest BCUT2D eigenvalue weighted by Crippen LogP contribution is -2.41. The molecule has 0 spiro atoms. The minimum atomic E-state index is -0.239. The molecule has 142 valence electrons. The maximum atomic E-state index is 12.5. The molecule has 27 heavy (non-hydrogen) atoms. The molecular weight excluding hydrogens is 342 g/mol. The summed E-state index contributed by atoms with van der Waals surface area (Å²) in [4.78, 5) is 39.9. The van der Waals surface area contributed by atoms with Crippen LogP contribution in [-0.4, -0.2) is 54.2 Å². The van der Waals surface area contributed by atoms with E-state index in [0.717, 1.165) is 0 Å². The average Bonchev–Trinajstić information content (AvgIpc) is 2.69. The van der Waals surface area contributed by atoms with Gasteiger partial charge in [-0.3, -0.25) is 14.4 Å². The van der Waals surface area contributed by atoms with Crippen LogP contribution in [0.5, 0.6) is 0 Å². The summed E-state index contributed by atoms with van der Waals surface area (Å²) in [5.74, 6) is -0.532. The number of hydrogen-bond acceptors (Lipinski definition) is 3. The van der Waals surface area contributed by atoms with Crippen LogP contribution in [0.25, 0.3) is 0 Å². The lowest BCUT2D eigenvalue weighted by Gasteiger charge is -2.23. The highest BCUT2D eigenvalue weighted by atomic mass is 16.2. The van der Waals surface area contributed by atoms with Crippen LogP contribution < -0.4 is 5.32 Å². The van der Waals surface area contributed by atoms with Gasteiger partial charge in [-0.25, -0.2) is 0 Å². The number of anilines is 1. The third-order valence-electron chi connectivity index (χ3n) is 4.26. The second-order valence-electron chi connectivity index (χ2n) is 6.12. The maximum absolute atomic E-state index is 12.5. The molecule has 0 aliphatic heterocycles. The molecule has 0 heterocycles. The second kappa shape index (κ2) is 9.52. The Labute approximate surface area is 159 Å². The predicted molar refractivity (Wildman–Crippen MR) is 106 cm³/mol. The quantitative estimate of drug-likeness (QED) is 0.818. The minimum absolute atomic E-state index is 0.0347. The molecule has 0 radical (unpaired) electrons. The molecule has 2 aromatic carbocycles. The summed E-state index contributed by atoms with van der Waals surface area (Å²) in [6, 6.07) is 15.5. The Balaban J connectivity index is 1.98. The van der Waals surface area contributed by atoms with Crippen molar-refractivity contribution in [1.82, 2.24) is 9.80 Å². The van der Waals surface area contributed by atoms with Gasteiger partial charge in [-0.05, 0) is 50.2 Å². The molecule has 2 aromatic rings. The number of nitrogens with zero attached hydrogens (tertiary/aromatic N) is 2. The van der Waals surface area contributed by atoms with Crippen molar-refractivity contribution in [3.05, 3.63) is 65.7 Å². The van der Waals surface area contributed by atoms with Crippen LogP contribution in [0.3, 0.4) is 0 Å². The van der Waals surface area contributed by atoms with Gasteiger partial charge in [0.25, 0.3) is 11.8 Å². The molecule has 6 heteroatoms. The average molecular weight is 367 g/mol. The third kappa shape index (κ3) is 5.41. The molecule has 0 bridgehead atoms. The van der Waals surface area contributed by atoms with Crippen molar-refractivity contribution in [3.63, 3.8) is 0 Å². The second-order valence-corrected chi connectivity index (χ2v) is 6.12. The zero-order valence-corrected chi connectivity index (χ0v) is 15.9. The van der Waals surface area contributed by atoms with E-state index in [2.05, 4.69) is 5.32 Å². The van der Waals surface area contributed by atoms with Gasteiger partial charge in [0.2, 0.25) is 5.91 Å². The summed E-state index contributed by atoms with van der Waals surface area (Å²) in [6.45, 7) is 5.09. The van der Waals surface area contributed by atoms with Crippen molar-refractivity contribution in [2.24, 2.45) is 0 Å². The lowest BCUT2D eigenvalue weighted by atomic mass is 10.1. The van der Waals surface area contributed by atoms with E-state index in [1.54, 1.807) is 60.5 Å². The van der Waals surface area contributed by atoms with Crippen molar-refractivity contribution in [2.75, 3.05) is 32.0 Å². The van der Waals surface area contributed by atoms with Gasteiger partial charge in [-0.1, -0.05) is 18.2 Å². The van der Waals surface area contributed by atoms with E-state index in [1.165, 1.54) is 4.90 Å². The molecule has 3 amide bonds. The number of benzene rings is 2.